The molecule has 2 aliphatic heterocycles. The standard InChI is InChI=1S/C21H27ClN4O3S2/c1-15-13-19(16(2)30-15)31(28,29)26-11-9-25(10-12-26)21(27)17-5-7-24(8-6-17)20-4-3-18(22)14-23-20/h3-4,13-14,17H,5-12H2,1-2H3. The number of piperidine rings is 1. The first kappa shape index (κ1) is 22.5. The molecule has 31 heavy (non-hydrogen) atoms. The Bertz CT molecular complexity index is 1040. The summed E-state index contributed by atoms with van der Waals surface area (Å²) in [6, 6.07) is 5.48. The molecule has 2 aromatic rings. The zero-order valence-corrected chi connectivity index (χ0v) is 20.1. The summed E-state index contributed by atoms with van der Waals surface area (Å²) in [5.41, 5.74) is 0. The molecule has 0 atom stereocenters. The van der Waals surface area contributed by atoms with Crippen LogP contribution in [-0.2, 0) is 14.8 Å². The van der Waals surface area contributed by atoms with Gasteiger partial charge in [-0.25, -0.2) is 13.4 Å². The summed E-state index contributed by atoms with van der Waals surface area (Å²) >= 11 is 7.41. The van der Waals surface area contributed by atoms with E-state index in [1.165, 1.54) is 15.6 Å². The summed E-state index contributed by atoms with van der Waals surface area (Å²) in [5.74, 6) is 1.00. The van der Waals surface area contributed by atoms with Crippen molar-refractivity contribution in [3.8, 4) is 0 Å². The van der Waals surface area contributed by atoms with Crippen LogP contribution in [0, 0.1) is 19.8 Å². The maximum Gasteiger partial charge on any atom is 0.244 e. The van der Waals surface area contributed by atoms with Crippen molar-refractivity contribution in [3.05, 3.63) is 39.2 Å². The Morgan fingerprint density at radius 2 is 1.77 bits per heavy atom. The molecule has 2 aliphatic rings. The lowest BCUT2D eigenvalue weighted by molar-refractivity contribution is -0.137. The highest BCUT2D eigenvalue weighted by molar-refractivity contribution is 7.89. The summed E-state index contributed by atoms with van der Waals surface area (Å²) < 4.78 is 27.5. The first-order valence-electron chi connectivity index (χ1n) is 10.5. The normalized spacial score (nSPS) is 19.1. The van der Waals surface area contributed by atoms with Crippen LogP contribution in [0.2, 0.25) is 5.02 Å². The molecule has 168 valence electrons. The number of anilines is 1. The minimum atomic E-state index is -3.50. The smallest absolute Gasteiger partial charge is 0.244 e. The quantitative estimate of drug-likeness (QED) is 0.669. The van der Waals surface area contributed by atoms with Gasteiger partial charge in [-0.3, -0.25) is 4.79 Å². The number of nitrogens with zero attached hydrogens (tertiary/aromatic N) is 4. The molecule has 0 N–H and O–H groups in total. The van der Waals surface area contributed by atoms with Crippen LogP contribution in [0.4, 0.5) is 5.82 Å². The molecule has 0 aliphatic carbocycles. The fraction of sp³-hybridized carbons (Fsp3) is 0.524. The van der Waals surface area contributed by atoms with Gasteiger partial charge in [0.1, 0.15) is 5.82 Å². The molecular weight excluding hydrogens is 456 g/mol. The van der Waals surface area contributed by atoms with Crippen LogP contribution in [0.3, 0.4) is 0 Å². The Hall–Kier alpha value is -1.68. The number of carbonyl (C=O) groups excluding carboxylic acids is 1. The molecule has 7 nitrogen and oxygen atoms in total. The van der Waals surface area contributed by atoms with Crippen molar-refractivity contribution in [3.63, 3.8) is 0 Å². The number of halogens is 1. The van der Waals surface area contributed by atoms with Crippen LogP contribution < -0.4 is 4.90 Å². The molecule has 4 heterocycles. The number of sulfonamides is 1. The van der Waals surface area contributed by atoms with E-state index in [0.717, 1.165) is 41.5 Å². The van der Waals surface area contributed by atoms with E-state index in [2.05, 4.69) is 9.88 Å². The van der Waals surface area contributed by atoms with Crippen molar-refractivity contribution in [2.75, 3.05) is 44.2 Å². The second kappa shape index (κ2) is 9.05. The third kappa shape index (κ3) is 4.74. The molecule has 0 aromatic carbocycles. The van der Waals surface area contributed by atoms with Crippen molar-refractivity contribution in [2.45, 2.75) is 31.6 Å². The van der Waals surface area contributed by atoms with Gasteiger partial charge in [0.2, 0.25) is 15.9 Å². The molecule has 4 rings (SSSR count). The maximum absolute atomic E-state index is 13.0. The molecule has 0 saturated carbocycles. The van der Waals surface area contributed by atoms with Crippen molar-refractivity contribution in [2.24, 2.45) is 5.92 Å². The minimum Gasteiger partial charge on any atom is -0.357 e. The van der Waals surface area contributed by atoms with Crippen molar-refractivity contribution in [1.82, 2.24) is 14.2 Å². The van der Waals surface area contributed by atoms with Crippen LogP contribution in [0.25, 0.3) is 0 Å². The van der Waals surface area contributed by atoms with E-state index in [0.29, 0.717) is 36.1 Å². The van der Waals surface area contributed by atoms with Gasteiger partial charge in [0.25, 0.3) is 0 Å². The zero-order chi connectivity index (χ0) is 22.2. The summed E-state index contributed by atoms with van der Waals surface area (Å²) in [4.78, 5) is 23.6. The average molecular weight is 483 g/mol. The predicted octanol–water partition coefficient (Wildman–Crippen LogP) is 3.16. The highest BCUT2D eigenvalue weighted by Gasteiger charge is 2.34. The Labute approximate surface area is 192 Å². The van der Waals surface area contributed by atoms with Gasteiger partial charge < -0.3 is 9.80 Å². The van der Waals surface area contributed by atoms with Crippen molar-refractivity contribution >= 4 is 44.7 Å². The number of hydrogen-bond donors (Lipinski definition) is 0. The van der Waals surface area contributed by atoms with Gasteiger partial charge >= 0.3 is 0 Å². The number of aryl methyl sites for hydroxylation is 2. The SMILES string of the molecule is Cc1cc(S(=O)(=O)N2CCN(C(=O)C3CCN(c4ccc(Cl)cn4)CC3)CC2)c(C)s1. The zero-order valence-electron chi connectivity index (χ0n) is 17.8. The van der Waals surface area contributed by atoms with E-state index in [1.54, 1.807) is 12.3 Å². The highest BCUT2D eigenvalue weighted by Crippen LogP contribution is 2.29. The summed E-state index contributed by atoms with van der Waals surface area (Å²) in [5, 5.41) is 0.610. The van der Waals surface area contributed by atoms with E-state index >= 15 is 0 Å². The topological polar surface area (TPSA) is 73.8 Å². The van der Waals surface area contributed by atoms with Gasteiger partial charge in [0.05, 0.1) is 9.92 Å². The van der Waals surface area contributed by atoms with Crippen LogP contribution in [0.15, 0.2) is 29.3 Å². The lowest BCUT2D eigenvalue weighted by atomic mass is 9.95. The van der Waals surface area contributed by atoms with Gasteiger partial charge in [-0.1, -0.05) is 11.6 Å². The fourth-order valence-electron chi connectivity index (χ4n) is 4.32. The van der Waals surface area contributed by atoms with Gasteiger partial charge in [-0.2, -0.15) is 4.31 Å². The third-order valence-electron chi connectivity index (χ3n) is 6.04. The van der Waals surface area contributed by atoms with E-state index < -0.39 is 10.0 Å². The number of piperazine rings is 1. The van der Waals surface area contributed by atoms with E-state index in [-0.39, 0.29) is 11.8 Å². The molecule has 2 aromatic heterocycles. The Morgan fingerprint density at radius 3 is 2.32 bits per heavy atom. The first-order valence-corrected chi connectivity index (χ1v) is 13.1. The fourth-order valence-corrected chi connectivity index (χ4v) is 7.38. The summed E-state index contributed by atoms with van der Waals surface area (Å²) in [7, 11) is -3.50. The summed E-state index contributed by atoms with van der Waals surface area (Å²) in [6.45, 7) is 6.88. The average Bonchev–Trinajstić information content (AvgIpc) is 3.13. The molecule has 0 radical (unpaired) electrons. The van der Waals surface area contributed by atoms with Gasteiger partial charge in [0.15, 0.2) is 0 Å². The van der Waals surface area contributed by atoms with Crippen LogP contribution in [-0.4, -0.2) is 67.8 Å². The third-order valence-corrected chi connectivity index (χ3v) is 9.39. The molecular formula is C21H27ClN4O3S2. The maximum atomic E-state index is 13.0. The number of aromatic nitrogens is 1. The highest BCUT2D eigenvalue weighted by atomic mass is 35.5. The molecule has 0 unspecified atom stereocenters. The minimum absolute atomic E-state index is 0.0199. The number of carbonyl (C=O) groups is 1. The van der Waals surface area contributed by atoms with Crippen LogP contribution in [0.1, 0.15) is 22.6 Å². The number of amides is 1. The van der Waals surface area contributed by atoms with Gasteiger partial charge in [0, 0.05) is 61.1 Å². The molecule has 0 spiro atoms. The monoisotopic (exact) mass is 482 g/mol. The molecule has 10 heteroatoms. The van der Waals surface area contributed by atoms with E-state index in [1.807, 2.05) is 30.9 Å². The number of rotatable bonds is 4. The van der Waals surface area contributed by atoms with E-state index in [9.17, 15) is 13.2 Å². The van der Waals surface area contributed by atoms with Gasteiger partial charge in [-0.05, 0) is 44.9 Å². The van der Waals surface area contributed by atoms with Crippen LogP contribution >= 0.6 is 22.9 Å². The molecule has 2 saturated heterocycles. The Balaban J connectivity index is 1.32. The summed E-state index contributed by atoms with van der Waals surface area (Å²) in [6.07, 6.45) is 3.19. The van der Waals surface area contributed by atoms with Crippen molar-refractivity contribution < 1.29 is 13.2 Å². The number of hydrogen-bond acceptors (Lipinski definition) is 6. The first-order chi connectivity index (χ1) is 14.8. The van der Waals surface area contributed by atoms with E-state index in [4.69, 9.17) is 11.6 Å². The Morgan fingerprint density at radius 1 is 1.10 bits per heavy atom. The second-order valence-electron chi connectivity index (χ2n) is 8.10. The molecule has 2 fully saturated rings. The second-order valence-corrected chi connectivity index (χ2v) is 11.9. The number of thiophene rings is 1. The molecule has 0 bridgehead atoms. The lowest BCUT2D eigenvalue weighted by Crippen LogP contribution is -2.52. The lowest BCUT2D eigenvalue weighted by Gasteiger charge is -2.38. The van der Waals surface area contributed by atoms with Crippen molar-refractivity contribution in [1.29, 1.82) is 0 Å². The largest absolute Gasteiger partial charge is 0.357 e. The van der Waals surface area contributed by atoms with Gasteiger partial charge in [-0.15, -0.1) is 11.3 Å². The number of pyridine rings is 1. The van der Waals surface area contributed by atoms with Crippen LogP contribution in [0.5, 0.6) is 0 Å². The Kier molecular flexibility index (Phi) is 6.57. The predicted molar refractivity (Wildman–Crippen MR) is 123 cm³/mol. The molecule has 1 amide bonds.